The third-order valence-electron chi connectivity index (χ3n) is 5.95. The molecule has 4 N–H and O–H groups in total. The van der Waals surface area contributed by atoms with Gasteiger partial charge >= 0.3 is 6.03 Å². The molecule has 0 spiro atoms. The lowest BCUT2D eigenvalue weighted by Gasteiger charge is -2.16. The van der Waals surface area contributed by atoms with Gasteiger partial charge < -0.3 is 40.2 Å². The zero-order valence-corrected chi connectivity index (χ0v) is 23.2. The molecule has 0 bridgehead atoms. The summed E-state index contributed by atoms with van der Waals surface area (Å²) in [6.45, 7) is 8.21. The molecular formula is C25H46N4O7S. The van der Waals surface area contributed by atoms with Gasteiger partial charge in [0.15, 0.2) is 0 Å². The van der Waals surface area contributed by atoms with Gasteiger partial charge in [-0.15, -0.1) is 0 Å². The normalized spacial score (nSPS) is 20.5. The van der Waals surface area contributed by atoms with Gasteiger partial charge in [0.1, 0.15) is 6.61 Å². The molecule has 37 heavy (non-hydrogen) atoms. The monoisotopic (exact) mass is 546 g/mol. The van der Waals surface area contributed by atoms with Crippen molar-refractivity contribution in [3.8, 4) is 0 Å². The molecule has 4 amide bonds. The maximum absolute atomic E-state index is 12.0. The molecule has 2 aliphatic heterocycles. The minimum atomic E-state index is -0.109. The number of fused-ring (bicyclic) bond motifs is 1. The van der Waals surface area contributed by atoms with E-state index in [2.05, 4.69) is 21.3 Å². The molecule has 214 valence electrons. The Kier molecular flexibility index (Phi) is 16.6. The van der Waals surface area contributed by atoms with Crippen LogP contribution in [0.5, 0.6) is 0 Å². The van der Waals surface area contributed by atoms with Crippen LogP contribution in [-0.4, -0.2) is 106 Å². The minimum Gasteiger partial charge on any atom is -0.379 e. The lowest BCUT2D eigenvalue weighted by molar-refractivity contribution is -0.127. The molecule has 2 saturated heterocycles. The van der Waals surface area contributed by atoms with Crippen LogP contribution in [0.1, 0.15) is 52.4 Å². The van der Waals surface area contributed by atoms with E-state index in [9.17, 15) is 14.4 Å². The van der Waals surface area contributed by atoms with Crippen LogP contribution in [0, 0.1) is 0 Å². The maximum Gasteiger partial charge on any atom is 0.315 e. The van der Waals surface area contributed by atoms with E-state index < -0.39 is 0 Å². The number of hydrogen-bond acceptors (Lipinski definition) is 8. The molecule has 2 rings (SSSR count). The van der Waals surface area contributed by atoms with Gasteiger partial charge in [0.25, 0.3) is 0 Å². The zero-order chi connectivity index (χ0) is 26.7. The summed E-state index contributed by atoms with van der Waals surface area (Å²) in [7, 11) is 0. The van der Waals surface area contributed by atoms with E-state index in [1.807, 2.05) is 25.6 Å². The summed E-state index contributed by atoms with van der Waals surface area (Å²) >= 11 is 1.91. The van der Waals surface area contributed by atoms with Crippen LogP contribution in [-0.2, 0) is 28.5 Å². The number of carbonyl (C=O) groups is 3. The minimum absolute atomic E-state index is 0.0475. The first-order chi connectivity index (χ1) is 18.0. The quantitative estimate of drug-likeness (QED) is 0.118. The molecule has 12 heteroatoms. The number of unbranched alkanes of at least 4 members (excludes halogenated alkanes) is 1. The lowest BCUT2D eigenvalue weighted by atomic mass is 10.0. The highest BCUT2D eigenvalue weighted by Crippen LogP contribution is 2.33. The molecule has 2 heterocycles. The zero-order valence-electron chi connectivity index (χ0n) is 22.4. The van der Waals surface area contributed by atoms with Crippen molar-refractivity contribution >= 4 is 29.6 Å². The molecular weight excluding hydrogens is 500 g/mol. The summed E-state index contributed by atoms with van der Waals surface area (Å²) in [5, 5.41) is 12.1. The Morgan fingerprint density at radius 3 is 2.16 bits per heavy atom. The number of urea groups is 1. The van der Waals surface area contributed by atoms with E-state index in [1.54, 1.807) is 0 Å². The SMILES string of the molecule is CC(C)OCC(=O)NCCCOCCOCCOCCCNC(=O)CCCC[C@@H]1SC[C@@H]2NC(=O)N[C@@H]21. The highest BCUT2D eigenvalue weighted by Gasteiger charge is 2.42. The molecule has 2 fully saturated rings. The number of rotatable bonds is 22. The van der Waals surface area contributed by atoms with Crippen LogP contribution in [0.25, 0.3) is 0 Å². The highest BCUT2D eigenvalue weighted by atomic mass is 32.2. The molecule has 0 aliphatic carbocycles. The van der Waals surface area contributed by atoms with Crippen molar-refractivity contribution in [2.75, 3.05) is 65.1 Å². The lowest BCUT2D eigenvalue weighted by Crippen LogP contribution is -2.36. The maximum atomic E-state index is 12.0. The summed E-state index contributed by atoms with van der Waals surface area (Å²) in [6, 6.07) is 0.436. The molecule has 0 saturated carbocycles. The van der Waals surface area contributed by atoms with E-state index in [4.69, 9.17) is 18.9 Å². The van der Waals surface area contributed by atoms with Crippen molar-refractivity contribution in [2.24, 2.45) is 0 Å². The van der Waals surface area contributed by atoms with E-state index in [0.29, 0.717) is 64.4 Å². The van der Waals surface area contributed by atoms with Gasteiger partial charge in [0.2, 0.25) is 11.8 Å². The Labute approximate surface area is 225 Å². The largest absolute Gasteiger partial charge is 0.379 e. The predicted molar refractivity (Wildman–Crippen MR) is 143 cm³/mol. The van der Waals surface area contributed by atoms with Gasteiger partial charge in [-0.25, -0.2) is 4.79 Å². The standard InChI is InChI=1S/C25H46N4O7S/c1-19(2)36-17-23(31)27-10-6-12-34-14-16-35-15-13-33-11-5-9-26-22(30)8-4-3-7-21-24-20(18-37-21)28-25(32)29-24/h19-21,24H,3-18H2,1-2H3,(H,26,30)(H,27,31)(H2,28,29,32)/t20-,21-,24-/m0/s1. The number of nitrogens with one attached hydrogen (secondary N) is 4. The predicted octanol–water partition coefficient (Wildman–Crippen LogP) is 1.20. The molecule has 0 radical (unpaired) electrons. The third kappa shape index (κ3) is 14.8. The summed E-state index contributed by atoms with van der Waals surface area (Å²) < 4.78 is 21.7. The van der Waals surface area contributed by atoms with E-state index in [0.717, 1.165) is 37.9 Å². The fourth-order valence-corrected chi connectivity index (χ4v) is 5.55. The van der Waals surface area contributed by atoms with Gasteiger partial charge in [-0.05, 0) is 39.5 Å². The van der Waals surface area contributed by atoms with Crippen LogP contribution in [0.2, 0.25) is 0 Å². The molecule has 2 aliphatic rings. The van der Waals surface area contributed by atoms with Crippen molar-refractivity contribution in [1.82, 2.24) is 21.3 Å². The second-order valence-corrected chi connectivity index (χ2v) is 10.7. The van der Waals surface area contributed by atoms with Crippen LogP contribution >= 0.6 is 11.8 Å². The smallest absolute Gasteiger partial charge is 0.315 e. The molecule has 11 nitrogen and oxygen atoms in total. The number of ether oxygens (including phenoxy) is 4. The molecule has 0 unspecified atom stereocenters. The summed E-state index contributed by atoms with van der Waals surface area (Å²) in [5.74, 6) is 0.942. The average Bonchev–Trinajstić information content (AvgIpc) is 3.42. The first kappa shape index (κ1) is 31.6. The Morgan fingerprint density at radius 2 is 1.51 bits per heavy atom. The number of thioether (sulfide) groups is 1. The molecule has 3 atom stereocenters. The third-order valence-corrected chi connectivity index (χ3v) is 7.46. The molecule has 0 aromatic carbocycles. The van der Waals surface area contributed by atoms with Gasteiger partial charge in [-0.3, -0.25) is 9.59 Å². The van der Waals surface area contributed by atoms with E-state index in [-0.39, 0.29) is 42.6 Å². The Balaban J connectivity index is 1.26. The number of amides is 4. The van der Waals surface area contributed by atoms with Gasteiger partial charge in [-0.1, -0.05) is 6.42 Å². The first-order valence-electron chi connectivity index (χ1n) is 13.5. The average molecular weight is 547 g/mol. The fourth-order valence-electron chi connectivity index (χ4n) is 4.00. The Bertz CT molecular complexity index is 671. The molecule has 0 aromatic heterocycles. The van der Waals surface area contributed by atoms with Crippen molar-refractivity contribution < 1.29 is 33.3 Å². The highest BCUT2D eigenvalue weighted by molar-refractivity contribution is 8.00. The summed E-state index contributed by atoms with van der Waals surface area (Å²) in [5.41, 5.74) is 0. The van der Waals surface area contributed by atoms with Gasteiger partial charge in [0.05, 0.1) is 44.6 Å². The second-order valence-electron chi connectivity index (χ2n) is 9.47. The van der Waals surface area contributed by atoms with Crippen LogP contribution in [0.4, 0.5) is 4.79 Å². The molecule has 0 aromatic rings. The van der Waals surface area contributed by atoms with Crippen molar-refractivity contribution in [1.29, 1.82) is 0 Å². The fraction of sp³-hybridized carbons (Fsp3) is 0.880. The Morgan fingerprint density at radius 1 is 0.892 bits per heavy atom. The first-order valence-corrected chi connectivity index (χ1v) is 14.6. The Hall–Kier alpha value is -1.60. The topological polar surface area (TPSA) is 136 Å². The van der Waals surface area contributed by atoms with Crippen molar-refractivity contribution in [3.63, 3.8) is 0 Å². The van der Waals surface area contributed by atoms with Crippen molar-refractivity contribution in [3.05, 3.63) is 0 Å². The van der Waals surface area contributed by atoms with Crippen LogP contribution in [0.15, 0.2) is 0 Å². The number of carbonyl (C=O) groups excluding carboxylic acids is 3. The van der Waals surface area contributed by atoms with Crippen LogP contribution < -0.4 is 21.3 Å². The van der Waals surface area contributed by atoms with Crippen molar-refractivity contribution in [2.45, 2.75) is 75.8 Å². The van der Waals surface area contributed by atoms with E-state index >= 15 is 0 Å². The second kappa shape index (κ2) is 19.5. The summed E-state index contributed by atoms with van der Waals surface area (Å²) in [6.07, 6.45) is 4.97. The van der Waals surface area contributed by atoms with Gasteiger partial charge in [-0.2, -0.15) is 11.8 Å². The van der Waals surface area contributed by atoms with Gasteiger partial charge in [0, 0.05) is 43.7 Å². The number of hydrogen-bond donors (Lipinski definition) is 4. The van der Waals surface area contributed by atoms with Crippen LogP contribution in [0.3, 0.4) is 0 Å². The summed E-state index contributed by atoms with van der Waals surface area (Å²) in [4.78, 5) is 34.9. The van der Waals surface area contributed by atoms with E-state index in [1.165, 1.54) is 0 Å².